The first-order valence-corrected chi connectivity index (χ1v) is 7.55. The van der Waals surface area contributed by atoms with E-state index in [4.69, 9.17) is 9.39 Å². The maximum atomic E-state index is 6.16. The van der Waals surface area contributed by atoms with Crippen molar-refractivity contribution in [2.24, 2.45) is 7.05 Å². The van der Waals surface area contributed by atoms with Gasteiger partial charge in [0.2, 0.25) is 0 Å². The van der Waals surface area contributed by atoms with Crippen LogP contribution in [0.5, 0.6) is 11.5 Å². The summed E-state index contributed by atoms with van der Waals surface area (Å²) in [5.74, 6) is 2.95. The van der Waals surface area contributed by atoms with E-state index in [1.807, 2.05) is 12.1 Å². The molecule has 114 valence electrons. The van der Waals surface area contributed by atoms with Crippen LogP contribution < -0.4 is 18.8 Å². The van der Waals surface area contributed by atoms with E-state index in [0.29, 0.717) is 0 Å². The monoisotopic (exact) mass is 297 g/mol. The molecule has 1 aromatic heterocycles. The second-order valence-electron chi connectivity index (χ2n) is 5.89. The van der Waals surface area contributed by atoms with Gasteiger partial charge in [0.05, 0.1) is 20.4 Å². The number of pyridine rings is 1. The van der Waals surface area contributed by atoms with Gasteiger partial charge in [-0.05, 0) is 38.5 Å². The van der Waals surface area contributed by atoms with Crippen molar-refractivity contribution >= 4 is 18.6 Å². The summed E-state index contributed by atoms with van der Waals surface area (Å²) in [6, 6.07) is 6.12. The number of benzene rings is 1. The van der Waals surface area contributed by atoms with Crippen molar-refractivity contribution in [1.29, 1.82) is 0 Å². The van der Waals surface area contributed by atoms with Crippen LogP contribution in [0.1, 0.15) is 16.7 Å². The van der Waals surface area contributed by atoms with Gasteiger partial charge in [-0.2, -0.15) is 0 Å². The number of nitrogens with zero attached hydrogens (tertiary/aromatic N) is 2. The minimum Gasteiger partial charge on any atom is -0.516 e. The maximum absolute atomic E-state index is 6.16. The van der Waals surface area contributed by atoms with Gasteiger partial charge in [-0.1, -0.05) is 6.07 Å². The Balaban J connectivity index is 2.22. The summed E-state index contributed by atoms with van der Waals surface area (Å²) in [6.07, 6.45) is 2.15. The fraction of sp³-hybridized carbons (Fsp3) is 0.353. The number of anilines is 2. The Kier molecular flexibility index (Phi) is 3.51. The standard InChI is InChI=1S/C17H22BN2O2/c1-11-10-19(5)17-16(12(11)2)22-18(4)20(17)14-8-7-9-15(21-6)13(14)3/h7-10H,1-6H3/q+1. The van der Waals surface area contributed by atoms with E-state index in [-0.39, 0.29) is 7.05 Å². The number of aromatic nitrogens is 1. The predicted molar refractivity (Wildman–Crippen MR) is 89.2 cm³/mol. The van der Waals surface area contributed by atoms with E-state index in [0.717, 1.165) is 28.6 Å². The Hall–Kier alpha value is -2.17. The van der Waals surface area contributed by atoms with Crippen LogP contribution in [0.2, 0.25) is 6.82 Å². The largest absolute Gasteiger partial charge is 0.607 e. The van der Waals surface area contributed by atoms with Crippen molar-refractivity contribution < 1.29 is 14.0 Å². The van der Waals surface area contributed by atoms with Crippen molar-refractivity contribution in [3.63, 3.8) is 0 Å². The number of ether oxygens (including phenoxy) is 1. The number of fused-ring (bicyclic) bond motifs is 1. The lowest BCUT2D eigenvalue weighted by molar-refractivity contribution is -0.658. The van der Waals surface area contributed by atoms with E-state index >= 15 is 0 Å². The van der Waals surface area contributed by atoms with E-state index in [9.17, 15) is 0 Å². The summed E-state index contributed by atoms with van der Waals surface area (Å²) in [6.45, 7) is 8.39. The lowest BCUT2D eigenvalue weighted by atomic mass is 9.84. The van der Waals surface area contributed by atoms with Crippen LogP contribution in [-0.4, -0.2) is 14.2 Å². The molecule has 2 aromatic rings. The smallest absolute Gasteiger partial charge is 0.516 e. The minimum atomic E-state index is -0.0486. The molecule has 0 aliphatic carbocycles. The molecule has 0 saturated heterocycles. The first-order chi connectivity index (χ1) is 10.5. The molecule has 0 bridgehead atoms. The quantitative estimate of drug-likeness (QED) is 0.629. The molecule has 5 heteroatoms. The third-order valence-electron chi connectivity index (χ3n) is 4.47. The molecule has 1 aliphatic rings. The summed E-state index contributed by atoms with van der Waals surface area (Å²) in [5.41, 5.74) is 4.66. The van der Waals surface area contributed by atoms with Gasteiger partial charge >= 0.3 is 12.9 Å². The van der Waals surface area contributed by atoms with Gasteiger partial charge in [-0.3, -0.25) is 0 Å². The Morgan fingerprint density at radius 3 is 2.59 bits per heavy atom. The molecule has 22 heavy (non-hydrogen) atoms. The first kappa shape index (κ1) is 14.8. The van der Waals surface area contributed by atoms with Crippen LogP contribution in [0.3, 0.4) is 0 Å². The highest BCUT2D eigenvalue weighted by Crippen LogP contribution is 2.43. The highest BCUT2D eigenvalue weighted by atomic mass is 16.5. The Morgan fingerprint density at radius 2 is 1.91 bits per heavy atom. The molecule has 2 heterocycles. The van der Waals surface area contributed by atoms with Crippen LogP contribution in [-0.2, 0) is 7.05 Å². The van der Waals surface area contributed by atoms with Crippen molar-refractivity contribution in [2.45, 2.75) is 27.6 Å². The van der Waals surface area contributed by atoms with Gasteiger partial charge in [0.25, 0.3) is 0 Å². The Bertz CT molecular complexity index is 746. The summed E-state index contributed by atoms with van der Waals surface area (Å²) in [5, 5.41) is 0. The number of hydrogen-bond donors (Lipinski definition) is 0. The van der Waals surface area contributed by atoms with Crippen molar-refractivity contribution in [3.05, 3.63) is 41.1 Å². The zero-order valence-corrected chi connectivity index (χ0v) is 14.1. The molecule has 0 fully saturated rings. The molecule has 1 aromatic carbocycles. The normalized spacial score (nSPS) is 13.2. The van der Waals surface area contributed by atoms with Gasteiger partial charge in [-0.15, -0.1) is 0 Å². The zero-order valence-electron chi connectivity index (χ0n) is 14.1. The molecular weight excluding hydrogens is 275 g/mol. The highest BCUT2D eigenvalue weighted by Gasteiger charge is 2.46. The van der Waals surface area contributed by atoms with Crippen LogP contribution in [0.25, 0.3) is 0 Å². The fourth-order valence-corrected chi connectivity index (χ4v) is 3.17. The second kappa shape index (κ2) is 5.23. The van der Waals surface area contributed by atoms with Gasteiger partial charge in [0.1, 0.15) is 11.4 Å². The minimum absolute atomic E-state index is 0.0486. The maximum Gasteiger partial charge on any atom is 0.607 e. The third-order valence-corrected chi connectivity index (χ3v) is 4.47. The van der Waals surface area contributed by atoms with E-state index < -0.39 is 0 Å². The first-order valence-electron chi connectivity index (χ1n) is 7.55. The van der Waals surface area contributed by atoms with Crippen molar-refractivity contribution in [1.82, 2.24) is 0 Å². The van der Waals surface area contributed by atoms with Crippen LogP contribution in [0.4, 0.5) is 11.5 Å². The number of methoxy groups -OCH3 is 1. The Morgan fingerprint density at radius 1 is 1.18 bits per heavy atom. The molecule has 0 N–H and O–H groups in total. The molecule has 0 unspecified atom stereocenters. The fourth-order valence-electron chi connectivity index (χ4n) is 3.17. The summed E-state index contributed by atoms with van der Waals surface area (Å²) in [4.78, 5) is 2.24. The van der Waals surface area contributed by atoms with Gasteiger partial charge in [-0.25, -0.2) is 9.38 Å². The highest BCUT2D eigenvalue weighted by molar-refractivity contribution is 6.59. The van der Waals surface area contributed by atoms with E-state index in [1.165, 1.54) is 11.1 Å². The van der Waals surface area contributed by atoms with Gasteiger partial charge in [0, 0.05) is 17.9 Å². The lowest BCUT2D eigenvalue weighted by Crippen LogP contribution is -2.40. The van der Waals surface area contributed by atoms with Crippen LogP contribution >= 0.6 is 0 Å². The number of rotatable bonds is 2. The molecule has 4 nitrogen and oxygen atoms in total. The molecule has 0 radical (unpaired) electrons. The van der Waals surface area contributed by atoms with Gasteiger partial charge in [0.15, 0.2) is 5.75 Å². The molecule has 0 saturated carbocycles. The zero-order chi connectivity index (χ0) is 16.0. The SMILES string of the molecule is COc1cccc(N2B(C)Oc3c(C)c(C)c[n+](C)c32)c1C. The third kappa shape index (κ3) is 2.04. The molecule has 0 amide bonds. The number of hydrogen-bond acceptors (Lipinski definition) is 3. The predicted octanol–water partition coefficient (Wildman–Crippen LogP) is 3.09. The van der Waals surface area contributed by atoms with E-state index in [2.05, 4.69) is 56.3 Å². The summed E-state index contributed by atoms with van der Waals surface area (Å²) < 4.78 is 13.8. The lowest BCUT2D eigenvalue weighted by Gasteiger charge is -2.17. The van der Waals surface area contributed by atoms with E-state index in [1.54, 1.807) is 7.11 Å². The van der Waals surface area contributed by atoms with Crippen molar-refractivity contribution in [3.8, 4) is 11.5 Å². The Labute approximate surface area is 132 Å². The molecule has 0 spiro atoms. The van der Waals surface area contributed by atoms with Crippen molar-refractivity contribution in [2.75, 3.05) is 11.9 Å². The summed E-state index contributed by atoms with van der Waals surface area (Å²) in [7, 11) is 3.72. The van der Waals surface area contributed by atoms with Gasteiger partial charge < -0.3 is 9.39 Å². The molecular formula is C17H22BN2O2+. The summed E-state index contributed by atoms with van der Waals surface area (Å²) >= 11 is 0. The average molecular weight is 297 g/mol. The molecule has 3 rings (SSSR count). The molecule has 1 aliphatic heterocycles. The van der Waals surface area contributed by atoms with Crippen LogP contribution in [0.15, 0.2) is 24.4 Å². The topological polar surface area (TPSA) is 25.6 Å². The van der Waals surface area contributed by atoms with Crippen LogP contribution in [0, 0.1) is 20.8 Å². The second-order valence-corrected chi connectivity index (χ2v) is 5.89. The average Bonchev–Trinajstić information content (AvgIpc) is 2.83. The molecule has 0 atom stereocenters. The number of aryl methyl sites for hydroxylation is 2.